The lowest BCUT2D eigenvalue weighted by atomic mass is 10.2. The molecule has 1 N–H and O–H groups in total. The fourth-order valence-electron chi connectivity index (χ4n) is 2.93. The number of hydrogen-bond acceptors (Lipinski definition) is 3. The average Bonchev–Trinajstić information content (AvgIpc) is 2.93. The van der Waals surface area contributed by atoms with Crippen LogP contribution in [-0.4, -0.2) is 52.9 Å². The number of benzene rings is 1. The van der Waals surface area contributed by atoms with E-state index in [9.17, 15) is 9.59 Å². The number of urea groups is 1. The first-order chi connectivity index (χ1) is 12.6. The first-order valence-electron chi connectivity index (χ1n) is 8.60. The third-order valence-corrected chi connectivity index (χ3v) is 4.75. The molecular formula is C19H21ClN4O2. The largest absolute Gasteiger partial charge is 0.337 e. The monoisotopic (exact) mass is 372 g/mol. The van der Waals surface area contributed by atoms with Gasteiger partial charge in [0, 0.05) is 55.7 Å². The highest BCUT2D eigenvalue weighted by atomic mass is 35.5. The summed E-state index contributed by atoms with van der Waals surface area (Å²) in [5, 5.41) is 3.54. The zero-order valence-corrected chi connectivity index (χ0v) is 15.2. The smallest absolute Gasteiger partial charge is 0.317 e. The fraction of sp³-hybridized carbons (Fsp3) is 0.316. The van der Waals surface area contributed by atoms with Crippen molar-refractivity contribution in [3.05, 3.63) is 64.9 Å². The van der Waals surface area contributed by atoms with Crippen LogP contribution >= 0.6 is 11.6 Å². The number of pyridine rings is 1. The van der Waals surface area contributed by atoms with Crippen molar-refractivity contribution in [2.75, 3.05) is 26.2 Å². The van der Waals surface area contributed by atoms with Gasteiger partial charge in [-0.3, -0.25) is 9.78 Å². The maximum absolute atomic E-state index is 12.5. The Morgan fingerprint density at radius 1 is 1.00 bits per heavy atom. The number of carbonyl (C=O) groups is 2. The van der Waals surface area contributed by atoms with E-state index in [4.69, 9.17) is 11.6 Å². The van der Waals surface area contributed by atoms with Crippen molar-refractivity contribution < 1.29 is 9.59 Å². The molecule has 3 amide bonds. The molecule has 0 saturated carbocycles. The fourth-order valence-corrected chi connectivity index (χ4v) is 3.13. The van der Waals surface area contributed by atoms with Crippen LogP contribution in [0, 0.1) is 0 Å². The van der Waals surface area contributed by atoms with Gasteiger partial charge in [0.2, 0.25) is 0 Å². The van der Waals surface area contributed by atoms with Crippen molar-refractivity contribution in [3.8, 4) is 0 Å². The summed E-state index contributed by atoms with van der Waals surface area (Å²) in [6.45, 7) is 2.66. The van der Waals surface area contributed by atoms with Gasteiger partial charge in [-0.2, -0.15) is 0 Å². The Bertz CT molecular complexity index is 769. The van der Waals surface area contributed by atoms with Gasteiger partial charge in [-0.15, -0.1) is 0 Å². The highest BCUT2D eigenvalue weighted by Gasteiger charge is 2.22. The highest BCUT2D eigenvalue weighted by Crippen LogP contribution is 2.14. The van der Waals surface area contributed by atoms with Gasteiger partial charge >= 0.3 is 6.03 Å². The van der Waals surface area contributed by atoms with Gasteiger partial charge in [0.1, 0.15) is 0 Å². The Kier molecular flexibility index (Phi) is 6.07. The van der Waals surface area contributed by atoms with Crippen LogP contribution in [0.4, 0.5) is 4.79 Å². The Morgan fingerprint density at radius 2 is 1.69 bits per heavy atom. The van der Waals surface area contributed by atoms with Gasteiger partial charge in [-0.05, 0) is 30.2 Å². The molecule has 0 radical (unpaired) electrons. The molecule has 0 spiro atoms. The molecule has 3 rings (SSSR count). The predicted octanol–water partition coefficient (Wildman–Crippen LogP) is 2.79. The quantitative estimate of drug-likeness (QED) is 0.901. The minimum absolute atomic E-state index is 0.0225. The maximum Gasteiger partial charge on any atom is 0.317 e. The molecule has 7 heteroatoms. The number of hydrogen-bond donors (Lipinski definition) is 1. The Labute approximate surface area is 157 Å². The van der Waals surface area contributed by atoms with Crippen molar-refractivity contribution in [1.82, 2.24) is 20.1 Å². The number of amides is 3. The predicted molar refractivity (Wildman–Crippen MR) is 100 cm³/mol. The average molecular weight is 373 g/mol. The Hall–Kier alpha value is -2.60. The van der Waals surface area contributed by atoms with Crippen LogP contribution in [0.5, 0.6) is 0 Å². The van der Waals surface area contributed by atoms with Crippen LogP contribution in [0.25, 0.3) is 0 Å². The second kappa shape index (κ2) is 8.67. The zero-order valence-electron chi connectivity index (χ0n) is 14.4. The maximum atomic E-state index is 12.5. The molecule has 2 heterocycles. The molecule has 6 nitrogen and oxygen atoms in total. The van der Waals surface area contributed by atoms with Gasteiger partial charge in [-0.25, -0.2) is 4.79 Å². The van der Waals surface area contributed by atoms with Crippen molar-refractivity contribution in [2.24, 2.45) is 0 Å². The normalized spacial score (nSPS) is 14.7. The molecule has 2 aromatic rings. The van der Waals surface area contributed by atoms with E-state index >= 15 is 0 Å². The van der Waals surface area contributed by atoms with E-state index in [0.29, 0.717) is 43.3 Å². The summed E-state index contributed by atoms with van der Waals surface area (Å²) in [6, 6.07) is 10.7. The highest BCUT2D eigenvalue weighted by molar-refractivity contribution is 6.31. The molecule has 0 atom stereocenters. The number of nitrogens with zero attached hydrogens (tertiary/aromatic N) is 3. The SMILES string of the molecule is O=C(NCc1ccccc1Cl)N1CCCN(C(=O)c2ccncc2)CC1. The molecule has 0 bridgehead atoms. The number of nitrogens with one attached hydrogen (secondary N) is 1. The molecular weight excluding hydrogens is 352 g/mol. The molecule has 1 aliphatic rings. The molecule has 26 heavy (non-hydrogen) atoms. The third kappa shape index (κ3) is 4.52. The molecule has 1 aromatic carbocycles. The zero-order chi connectivity index (χ0) is 18.4. The number of aromatic nitrogens is 1. The van der Waals surface area contributed by atoms with Crippen molar-refractivity contribution in [3.63, 3.8) is 0 Å². The van der Waals surface area contributed by atoms with Crippen molar-refractivity contribution in [2.45, 2.75) is 13.0 Å². The van der Waals surface area contributed by atoms with E-state index < -0.39 is 0 Å². The van der Waals surface area contributed by atoms with E-state index in [-0.39, 0.29) is 11.9 Å². The van der Waals surface area contributed by atoms with Crippen LogP contribution in [0.15, 0.2) is 48.8 Å². The van der Waals surface area contributed by atoms with Gasteiger partial charge in [0.15, 0.2) is 0 Å². The standard InChI is InChI=1S/C19H21ClN4O2/c20-17-5-2-1-4-16(17)14-22-19(26)24-11-3-10-23(12-13-24)18(25)15-6-8-21-9-7-15/h1-2,4-9H,3,10-14H2,(H,22,26). The number of halogens is 1. The lowest BCUT2D eigenvalue weighted by Crippen LogP contribution is -2.42. The van der Waals surface area contributed by atoms with E-state index in [2.05, 4.69) is 10.3 Å². The first kappa shape index (κ1) is 18.2. The summed E-state index contributed by atoms with van der Waals surface area (Å²) in [6.07, 6.45) is 3.97. The van der Waals surface area contributed by atoms with Crippen LogP contribution in [0.1, 0.15) is 22.3 Å². The third-order valence-electron chi connectivity index (χ3n) is 4.39. The molecule has 1 fully saturated rings. The summed E-state index contributed by atoms with van der Waals surface area (Å²) in [5.74, 6) is -0.0225. The summed E-state index contributed by atoms with van der Waals surface area (Å²) < 4.78 is 0. The van der Waals surface area contributed by atoms with Crippen molar-refractivity contribution >= 4 is 23.5 Å². The van der Waals surface area contributed by atoms with Crippen LogP contribution in [0.3, 0.4) is 0 Å². The molecule has 1 saturated heterocycles. The molecule has 1 aromatic heterocycles. The van der Waals surface area contributed by atoms with Gasteiger partial charge in [0.05, 0.1) is 0 Å². The minimum atomic E-state index is -0.136. The second-order valence-corrected chi connectivity index (χ2v) is 6.53. The summed E-state index contributed by atoms with van der Waals surface area (Å²) in [7, 11) is 0. The lowest BCUT2D eigenvalue weighted by Gasteiger charge is -2.22. The van der Waals surface area contributed by atoms with Gasteiger partial charge < -0.3 is 15.1 Å². The van der Waals surface area contributed by atoms with Gasteiger partial charge in [0.25, 0.3) is 5.91 Å². The molecule has 0 unspecified atom stereocenters. The number of rotatable bonds is 3. The van der Waals surface area contributed by atoms with Crippen LogP contribution in [-0.2, 0) is 6.54 Å². The molecule has 0 aliphatic carbocycles. The summed E-state index contributed by atoms with van der Waals surface area (Å²) in [5.41, 5.74) is 1.50. The van der Waals surface area contributed by atoms with E-state index in [1.165, 1.54) is 0 Å². The first-order valence-corrected chi connectivity index (χ1v) is 8.98. The van der Waals surface area contributed by atoms with E-state index in [1.54, 1.807) is 40.4 Å². The summed E-state index contributed by atoms with van der Waals surface area (Å²) >= 11 is 6.12. The Balaban J connectivity index is 1.54. The second-order valence-electron chi connectivity index (χ2n) is 6.12. The van der Waals surface area contributed by atoms with E-state index in [1.807, 2.05) is 18.2 Å². The van der Waals surface area contributed by atoms with Crippen LogP contribution in [0.2, 0.25) is 5.02 Å². The van der Waals surface area contributed by atoms with Gasteiger partial charge in [-0.1, -0.05) is 29.8 Å². The molecule has 1 aliphatic heterocycles. The Morgan fingerprint density at radius 3 is 2.46 bits per heavy atom. The van der Waals surface area contributed by atoms with Crippen LogP contribution < -0.4 is 5.32 Å². The minimum Gasteiger partial charge on any atom is -0.337 e. The molecule has 136 valence electrons. The summed E-state index contributed by atoms with van der Waals surface area (Å²) in [4.78, 5) is 32.5. The number of carbonyl (C=O) groups excluding carboxylic acids is 2. The topological polar surface area (TPSA) is 65.5 Å². The van der Waals surface area contributed by atoms with Crippen molar-refractivity contribution in [1.29, 1.82) is 0 Å². The lowest BCUT2D eigenvalue weighted by molar-refractivity contribution is 0.0762. The van der Waals surface area contributed by atoms with E-state index in [0.717, 1.165) is 12.0 Å².